The van der Waals surface area contributed by atoms with Crippen LogP contribution in [0.3, 0.4) is 0 Å². The third kappa shape index (κ3) is 4.99. The molecule has 0 unspecified atom stereocenters. The van der Waals surface area contributed by atoms with Gasteiger partial charge in [-0.05, 0) is 41.7 Å². The van der Waals surface area contributed by atoms with Crippen molar-refractivity contribution in [2.45, 2.75) is 32.9 Å². The number of likely N-dealkylation sites (tertiary alicyclic amines) is 1. The fraction of sp³-hybridized carbons (Fsp3) is 0.320. The lowest BCUT2D eigenvalue weighted by molar-refractivity contribution is -0.144. The fourth-order valence-electron chi connectivity index (χ4n) is 4.20. The molecule has 7 heteroatoms. The van der Waals surface area contributed by atoms with Gasteiger partial charge in [0.05, 0.1) is 6.42 Å². The molecule has 0 spiro atoms. The van der Waals surface area contributed by atoms with Gasteiger partial charge in [-0.1, -0.05) is 55.1 Å². The molecule has 1 saturated heterocycles. The Balaban J connectivity index is 1.88. The van der Waals surface area contributed by atoms with Crippen LogP contribution in [-0.4, -0.2) is 45.7 Å². The van der Waals surface area contributed by atoms with Crippen LogP contribution in [0, 0.1) is 25.7 Å². The molecule has 3 atom stereocenters. The third-order valence-electron chi connectivity index (χ3n) is 6.08. The summed E-state index contributed by atoms with van der Waals surface area (Å²) in [5.41, 5.74) is 4.33. The minimum Gasteiger partial charge on any atom is -0.481 e. The molecule has 1 aliphatic rings. The van der Waals surface area contributed by atoms with Gasteiger partial charge in [-0.15, -0.1) is 0 Å². The van der Waals surface area contributed by atoms with E-state index in [1.807, 2.05) is 50.2 Å². The predicted octanol–water partition coefficient (Wildman–Crippen LogP) is 4.13. The van der Waals surface area contributed by atoms with E-state index in [4.69, 9.17) is 4.74 Å². The quantitative estimate of drug-likeness (QED) is 0.675. The van der Waals surface area contributed by atoms with Gasteiger partial charge in [-0.3, -0.25) is 9.69 Å². The van der Waals surface area contributed by atoms with E-state index >= 15 is 0 Å². The SMILES string of the molecule is C=C(c1ccc(C)c(C)c1)[C@H]1CN(C(=O)OCc2ccccc2)[C@H](C(=O)O)[C@H]1CC(=O)O. The van der Waals surface area contributed by atoms with Gasteiger partial charge in [0, 0.05) is 18.4 Å². The zero-order valence-corrected chi connectivity index (χ0v) is 18.2. The van der Waals surface area contributed by atoms with Crippen LogP contribution in [0.15, 0.2) is 55.1 Å². The number of aliphatic carboxylic acids is 2. The number of rotatable bonds is 7. The van der Waals surface area contributed by atoms with E-state index in [0.29, 0.717) is 5.57 Å². The van der Waals surface area contributed by atoms with Crippen LogP contribution in [-0.2, 0) is 20.9 Å². The van der Waals surface area contributed by atoms with Gasteiger partial charge < -0.3 is 14.9 Å². The number of ether oxygens (including phenoxy) is 1. The van der Waals surface area contributed by atoms with E-state index in [2.05, 4.69) is 6.58 Å². The maximum atomic E-state index is 12.8. The van der Waals surface area contributed by atoms with E-state index in [1.54, 1.807) is 12.1 Å². The first kappa shape index (κ1) is 23.1. The van der Waals surface area contributed by atoms with E-state index in [0.717, 1.165) is 27.2 Å². The van der Waals surface area contributed by atoms with Crippen LogP contribution in [0.1, 0.15) is 28.7 Å². The van der Waals surface area contributed by atoms with Crippen molar-refractivity contribution < 1.29 is 29.3 Å². The molecular formula is C25H27NO6. The Morgan fingerprint density at radius 3 is 2.34 bits per heavy atom. The molecule has 0 radical (unpaired) electrons. The zero-order valence-electron chi connectivity index (χ0n) is 18.2. The van der Waals surface area contributed by atoms with E-state index in [9.17, 15) is 24.6 Å². The number of hydrogen-bond acceptors (Lipinski definition) is 4. The summed E-state index contributed by atoms with van der Waals surface area (Å²) in [6.45, 7) is 8.11. The van der Waals surface area contributed by atoms with Crippen molar-refractivity contribution in [2.75, 3.05) is 6.54 Å². The largest absolute Gasteiger partial charge is 0.481 e. The lowest BCUT2D eigenvalue weighted by Crippen LogP contribution is -2.44. The van der Waals surface area contributed by atoms with Crippen molar-refractivity contribution in [3.63, 3.8) is 0 Å². The van der Waals surface area contributed by atoms with Crippen LogP contribution >= 0.6 is 0 Å². The molecule has 1 heterocycles. The molecule has 0 aromatic heterocycles. The molecule has 1 aliphatic heterocycles. The first-order chi connectivity index (χ1) is 15.2. The van der Waals surface area contributed by atoms with Crippen LogP contribution < -0.4 is 0 Å². The summed E-state index contributed by atoms with van der Waals surface area (Å²) in [5.74, 6) is -3.75. The number of carbonyl (C=O) groups is 3. The molecule has 2 aromatic carbocycles. The maximum absolute atomic E-state index is 12.8. The lowest BCUT2D eigenvalue weighted by atomic mass is 9.80. The molecule has 0 saturated carbocycles. The highest BCUT2D eigenvalue weighted by Gasteiger charge is 2.50. The minimum absolute atomic E-state index is 0.00508. The minimum atomic E-state index is -1.32. The Bertz CT molecular complexity index is 1030. The molecule has 7 nitrogen and oxygen atoms in total. The molecule has 2 aromatic rings. The van der Waals surface area contributed by atoms with Crippen LogP contribution in [0.2, 0.25) is 0 Å². The smallest absolute Gasteiger partial charge is 0.410 e. The fourth-order valence-corrected chi connectivity index (χ4v) is 4.20. The topological polar surface area (TPSA) is 104 Å². The molecule has 32 heavy (non-hydrogen) atoms. The second-order valence-corrected chi connectivity index (χ2v) is 8.17. The van der Waals surface area contributed by atoms with Gasteiger partial charge in [-0.25, -0.2) is 9.59 Å². The average Bonchev–Trinajstić information content (AvgIpc) is 3.13. The van der Waals surface area contributed by atoms with Crippen molar-refractivity contribution in [1.82, 2.24) is 4.90 Å². The molecule has 0 bridgehead atoms. The van der Waals surface area contributed by atoms with Gasteiger partial charge in [0.2, 0.25) is 0 Å². The van der Waals surface area contributed by atoms with Crippen molar-refractivity contribution >= 4 is 23.6 Å². The molecule has 168 valence electrons. The Morgan fingerprint density at radius 1 is 1.06 bits per heavy atom. The number of benzene rings is 2. The second kappa shape index (κ2) is 9.68. The summed E-state index contributed by atoms with van der Waals surface area (Å²) in [7, 11) is 0. The van der Waals surface area contributed by atoms with E-state index in [-0.39, 0.29) is 13.2 Å². The van der Waals surface area contributed by atoms with Gasteiger partial charge >= 0.3 is 18.0 Å². The first-order valence-corrected chi connectivity index (χ1v) is 10.4. The number of carbonyl (C=O) groups excluding carboxylic acids is 1. The van der Waals surface area contributed by atoms with Crippen LogP contribution in [0.25, 0.3) is 5.57 Å². The van der Waals surface area contributed by atoms with Crippen molar-refractivity contribution in [3.05, 3.63) is 77.4 Å². The predicted molar refractivity (Wildman–Crippen MR) is 119 cm³/mol. The summed E-state index contributed by atoms with van der Waals surface area (Å²) in [6.07, 6.45) is -1.18. The van der Waals surface area contributed by atoms with E-state index in [1.165, 1.54) is 0 Å². The monoisotopic (exact) mass is 437 g/mol. The highest BCUT2D eigenvalue weighted by atomic mass is 16.6. The summed E-state index contributed by atoms with van der Waals surface area (Å²) in [4.78, 5) is 37.6. The zero-order chi connectivity index (χ0) is 23.4. The number of amides is 1. The van der Waals surface area contributed by atoms with Crippen molar-refractivity contribution in [3.8, 4) is 0 Å². The standard InChI is InChI=1S/C25H27NO6/c1-15-9-10-19(11-16(15)2)17(3)21-13-26(23(24(29)30)20(21)12-22(27)28)25(31)32-14-18-7-5-4-6-8-18/h4-11,20-21,23H,3,12-14H2,1-2H3,(H,27,28)(H,29,30)/t20-,21+,23-/m0/s1. The number of aryl methyl sites for hydroxylation is 2. The average molecular weight is 437 g/mol. The summed E-state index contributed by atoms with van der Waals surface area (Å²) < 4.78 is 5.36. The van der Waals surface area contributed by atoms with Crippen LogP contribution in [0.4, 0.5) is 4.79 Å². The number of carboxylic acids is 2. The van der Waals surface area contributed by atoms with E-state index < -0.39 is 42.3 Å². The van der Waals surface area contributed by atoms with Gasteiger partial charge in [0.25, 0.3) is 0 Å². The Morgan fingerprint density at radius 2 is 1.75 bits per heavy atom. The van der Waals surface area contributed by atoms with Gasteiger partial charge in [-0.2, -0.15) is 0 Å². The third-order valence-corrected chi connectivity index (χ3v) is 6.08. The maximum Gasteiger partial charge on any atom is 0.410 e. The summed E-state index contributed by atoms with van der Waals surface area (Å²) in [5, 5.41) is 19.3. The number of nitrogens with zero attached hydrogens (tertiary/aromatic N) is 1. The Kier molecular flexibility index (Phi) is 6.98. The molecule has 1 amide bonds. The van der Waals surface area contributed by atoms with Crippen molar-refractivity contribution in [2.24, 2.45) is 11.8 Å². The molecule has 1 fully saturated rings. The number of hydrogen-bond donors (Lipinski definition) is 2. The highest BCUT2D eigenvalue weighted by Crippen LogP contribution is 2.41. The van der Waals surface area contributed by atoms with Crippen LogP contribution in [0.5, 0.6) is 0 Å². The van der Waals surface area contributed by atoms with Gasteiger partial charge in [0.15, 0.2) is 0 Å². The molecule has 0 aliphatic carbocycles. The summed E-state index contributed by atoms with van der Waals surface area (Å²) >= 11 is 0. The highest BCUT2D eigenvalue weighted by molar-refractivity contribution is 5.84. The Labute approximate surface area is 186 Å². The molecular weight excluding hydrogens is 410 g/mol. The normalized spacial score (nSPS) is 20.1. The van der Waals surface area contributed by atoms with Gasteiger partial charge in [0.1, 0.15) is 12.6 Å². The summed E-state index contributed by atoms with van der Waals surface area (Å²) in [6, 6.07) is 13.5. The second-order valence-electron chi connectivity index (χ2n) is 8.17. The molecule has 3 rings (SSSR count). The Hall–Kier alpha value is -3.61. The first-order valence-electron chi connectivity index (χ1n) is 10.4. The lowest BCUT2D eigenvalue weighted by Gasteiger charge is -2.24. The molecule has 2 N–H and O–H groups in total. The number of carboxylic acid groups (broad SMARTS) is 2. The van der Waals surface area contributed by atoms with Crippen molar-refractivity contribution in [1.29, 1.82) is 0 Å².